The van der Waals surface area contributed by atoms with Crippen LogP contribution in [0.4, 0.5) is 16.5 Å². The van der Waals surface area contributed by atoms with Crippen molar-refractivity contribution in [1.29, 1.82) is 0 Å². The Morgan fingerprint density at radius 3 is 2.97 bits per heavy atom. The zero-order chi connectivity index (χ0) is 20.8. The lowest BCUT2D eigenvalue weighted by atomic mass is 10.3. The van der Waals surface area contributed by atoms with Crippen LogP contribution in [-0.4, -0.2) is 33.6 Å². The van der Waals surface area contributed by atoms with Gasteiger partial charge in [0.05, 0.1) is 23.8 Å². The van der Waals surface area contributed by atoms with Crippen LogP contribution in [0.2, 0.25) is 0 Å². The van der Waals surface area contributed by atoms with Gasteiger partial charge in [-0.05, 0) is 36.7 Å². The number of anilines is 3. The summed E-state index contributed by atoms with van der Waals surface area (Å²) in [6, 6.07) is 10.4. The maximum Gasteiger partial charge on any atom is 0.181 e. The summed E-state index contributed by atoms with van der Waals surface area (Å²) in [5.41, 5.74) is 4.80. The van der Waals surface area contributed by atoms with E-state index in [4.69, 9.17) is 4.98 Å². The summed E-state index contributed by atoms with van der Waals surface area (Å²) in [6.07, 6.45) is 7.53. The van der Waals surface area contributed by atoms with Crippen molar-refractivity contribution < 1.29 is 0 Å². The van der Waals surface area contributed by atoms with Gasteiger partial charge in [-0.15, -0.1) is 0 Å². The van der Waals surface area contributed by atoms with E-state index in [1.807, 2.05) is 37.6 Å². The molecule has 5 aromatic rings. The minimum absolute atomic E-state index is 0.141. The molecule has 11 heteroatoms. The number of thioether (sulfide) groups is 2. The van der Waals surface area contributed by atoms with E-state index >= 15 is 0 Å². The summed E-state index contributed by atoms with van der Waals surface area (Å²) in [5, 5.41) is 15.7. The second-order valence-electron chi connectivity index (χ2n) is 6.92. The highest BCUT2D eigenvalue weighted by Crippen LogP contribution is 2.45. The topological polar surface area (TPSA) is 95.8 Å². The number of para-hydroxylation sites is 1. The number of aryl methyl sites for hydroxylation is 1. The normalized spacial score (nSPS) is 15.2. The van der Waals surface area contributed by atoms with E-state index in [-0.39, 0.29) is 4.71 Å². The number of aromatic nitrogens is 6. The quantitative estimate of drug-likeness (QED) is 0.326. The highest BCUT2D eigenvalue weighted by Gasteiger charge is 2.23. The molecule has 5 heterocycles. The highest BCUT2D eigenvalue weighted by molar-refractivity contribution is 8.17. The zero-order valence-corrected chi connectivity index (χ0v) is 18.7. The molecule has 1 aliphatic heterocycles. The highest BCUT2D eigenvalue weighted by atomic mass is 32.2. The van der Waals surface area contributed by atoms with Crippen LogP contribution < -0.4 is 10.6 Å². The minimum Gasteiger partial charge on any atom is -0.363 e. The van der Waals surface area contributed by atoms with E-state index in [2.05, 4.69) is 52.8 Å². The first-order valence-electron chi connectivity index (χ1n) is 9.49. The van der Waals surface area contributed by atoms with Gasteiger partial charge in [0.25, 0.3) is 0 Å². The number of fused-ring (bicyclic) bond motifs is 2. The molecule has 8 nitrogen and oxygen atoms in total. The first kappa shape index (κ1) is 18.7. The first-order valence-corrected chi connectivity index (χ1v) is 12.0. The summed E-state index contributed by atoms with van der Waals surface area (Å²) >= 11 is 4.89. The average molecular weight is 465 g/mol. The summed E-state index contributed by atoms with van der Waals surface area (Å²) < 4.78 is 6.56. The second kappa shape index (κ2) is 7.59. The molecule has 154 valence electrons. The molecule has 0 radical (unpaired) electrons. The fraction of sp³-hybridized carbons (Fsp3) is 0.100. The van der Waals surface area contributed by atoms with Crippen LogP contribution in [0, 0.1) is 6.92 Å². The van der Waals surface area contributed by atoms with E-state index in [0.29, 0.717) is 5.82 Å². The number of hydrogen-bond donors (Lipinski definition) is 3. The molecule has 0 amide bonds. The Labute approximate surface area is 190 Å². The molecule has 1 atom stereocenters. The van der Waals surface area contributed by atoms with Crippen molar-refractivity contribution in [1.82, 2.24) is 28.9 Å². The van der Waals surface area contributed by atoms with Crippen LogP contribution >= 0.6 is 35.1 Å². The third kappa shape index (κ3) is 3.54. The van der Waals surface area contributed by atoms with E-state index in [9.17, 15) is 0 Å². The third-order valence-electron chi connectivity index (χ3n) is 4.76. The summed E-state index contributed by atoms with van der Waals surface area (Å²) in [6.45, 7) is 1.98. The first-order chi connectivity index (χ1) is 15.2. The molecule has 31 heavy (non-hydrogen) atoms. The van der Waals surface area contributed by atoms with E-state index in [1.54, 1.807) is 29.7 Å². The monoisotopic (exact) mass is 464 g/mol. The average Bonchev–Trinajstić information content (AvgIpc) is 3.54. The maximum atomic E-state index is 4.90. The van der Waals surface area contributed by atoms with Crippen molar-refractivity contribution in [3.63, 3.8) is 0 Å². The number of hydrogen-bond acceptors (Lipinski definition) is 9. The lowest BCUT2D eigenvalue weighted by Gasteiger charge is -2.12. The molecule has 0 spiro atoms. The molecule has 3 N–H and O–H groups in total. The molecule has 1 unspecified atom stereocenters. The van der Waals surface area contributed by atoms with Gasteiger partial charge in [-0.3, -0.25) is 9.50 Å². The number of aromatic amines is 1. The van der Waals surface area contributed by atoms with Gasteiger partial charge < -0.3 is 10.6 Å². The fourth-order valence-electron chi connectivity index (χ4n) is 3.37. The number of imidazole rings is 1. The largest absolute Gasteiger partial charge is 0.363 e. The fourth-order valence-corrected chi connectivity index (χ4v) is 6.38. The van der Waals surface area contributed by atoms with E-state index in [1.165, 1.54) is 16.4 Å². The van der Waals surface area contributed by atoms with Crippen molar-refractivity contribution >= 4 is 57.2 Å². The number of nitrogens with one attached hydrogen (secondary N) is 3. The van der Waals surface area contributed by atoms with Crippen LogP contribution in [0.15, 0.2) is 65.0 Å². The molecule has 1 aromatic carbocycles. The van der Waals surface area contributed by atoms with Gasteiger partial charge in [0.15, 0.2) is 11.5 Å². The molecule has 0 saturated heterocycles. The molecular formula is C20H16N8S3. The summed E-state index contributed by atoms with van der Waals surface area (Å²) in [5.74, 6) is 0.698. The Balaban J connectivity index is 1.40. The van der Waals surface area contributed by atoms with Gasteiger partial charge in [-0.2, -0.15) is 9.47 Å². The number of benzene rings is 1. The van der Waals surface area contributed by atoms with Crippen LogP contribution in [-0.2, 0) is 0 Å². The van der Waals surface area contributed by atoms with Crippen LogP contribution in [0.5, 0.6) is 0 Å². The number of rotatable bonds is 5. The van der Waals surface area contributed by atoms with E-state index < -0.39 is 0 Å². The standard InChI is InChI=1S/C20H16N8S3/c1-11-6-16(31-27-11)25-18-19-21-9-14(12-7-22-23-8-12)28(19)10-17(26-18)30-20-24-13-4-2-3-5-15(13)29-20/h2-10,20,24H,1H3,(H,22,23)(H,25,26). The van der Waals surface area contributed by atoms with Crippen molar-refractivity contribution in [3.8, 4) is 11.3 Å². The van der Waals surface area contributed by atoms with Gasteiger partial charge in [-0.1, -0.05) is 35.7 Å². The second-order valence-corrected chi connectivity index (χ2v) is 10.3. The summed E-state index contributed by atoms with van der Waals surface area (Å²) in [7, 11) is 0. The Morgan fingerprint density at radius 2 is 2.16 bits per heavy atom. The summed E-state index contributed by atoms with van der Waals surface area (Å²) in [4.78, 5) is 10.8. The molecule has 4 aromatic heterocycles. The lowest BCUT2D eigenvalue weighted by Crippen LogP contribution is -2.06. The zero-order valence-electron chi connectivity index (χ0n) is 16.2. The predicted molar refractivity (Wildman–Crippen MR) is 126 cm³/mol. The van der Waals surface area contributed by atoms with Crippen molar-refractivity contribution in [2.24, 2.45) is 0 Å². The van der Waals surface area contributed by atoms with Crippen molar-refractivity contribution in [3.05, 3.63) is 60.8 Å². The SMILES string of the molecule is Cc1cc(Nc2nc(SC3Nc4ccccc4S3)cn3c(-c4cn[nH]c4)cnc23)sn1. The van der Waals surface area contributed by atoms with Gasteiger partial charge >= 0.3 is 0 Å². The lowest BCUT2D eigenvalue weighted by molar-refractivity contribution is 1.03. The Kier molecular flexibility index (Phi) is 4.59. The predicted octanol–water partition coefficient (Wildman–Crippen LogP) is 5.22. The van der Waals surface area contributed by atoms with Gasteiger partial charge in [0.1, 0.15) is 14.7 Å². The van der Waals surface area contributed by atoms with Crippen molar-refractivity contribution in [2.75, 3.05) is 10.6 Å². The smallest absolute Gasteiger partial charge is 0.181 e. The van der Waals surface area contributed by atoms with Crippen LogP contribution in [0.25, 0.3) is 16.9 Å². The maximum absolute atomic E-state index is 4.90. The Bertz CT molecular complexity index is 1350. The van der Waals surface area contributed by atoms with E-state index in [0.717, 1.165) is 38.3 Å². The van der Waals surface area contributed by atoms with Gasteiger partial charge in [0, 0.05) is 28.5 Å². The molecule has 1 aliphatic rings. The number of nitrogens with zero attached hydrogens (tertiary/aromatic N) is 5. The molecule has 0 aliphatic carbocycles. The molecule has 0 fully saturated rings. The van der Waals surface area contributed by atoms with Crippen LogP contribution in [0.1, 0.15) is 5.69 Å². The molecule has 0 saturated carbocycles. The third-order valence-corrected chi connectivity index (χ3v) is 7.84. The van der Waals surface area contributed by atoms with Crippen LogP contribution in [0.3, 0.4) is 0 Å². The molecule has 6 rings (SSSR count). The van der Waals surface area contributed by atoms with Gasteiger partial charge in [0.2, 0.25) is 0 Å². The minimum atomic E-state index is 0.141. The van der Waals surface area contributed by atoms with Gasteiger partial charge in [-0.25, -0.2) is 9.97 Å². The Hall–Kier alpha value is -3.02. The van der Waals surface area contributed by atoms with Crippen molar-refractivity contribution in [2.45, 2.75) is 21.6 Å². The number of H-pyrrole nitrogens is 1. The molecule has 0 bridgehead atoms. The Morgan fingerprint density at radius 1 is 1.23 bits per heavy atom. The molecular weight excluding hydrogens is 448 g/mol.